The quantitative estimate of drug-likeness (QED) is 0.175. The van der Waals surface area contributed by atoms with Crippen LogP contribution in [-0.4, -0.2) is 47.6 Å². The number of hydrogen-bond donors (Lipinski definition) is 1. The van der Waals surface area contributed by atoms with E-state index >= 15 is 4.39 Å². The maximum atomic E-state index is 15.1. The molecule has 0 aliphatic heterocycles. The molecule has 0 saturated heterocycles. The second-order valence-electron chi connectivity index (χ2n) is 10.4. The van der Waals surface area contributed by atoms with Crippen molar-refractivity contribution < 1.29 is 28.2 Å². The van der Waals surface area contributed by atoms with E-state index < -0.39 is 29.5 Å². The summed E-state index contributed by atoms with van der Waals surface area (Å²) < 4.78 is 31.0. The number of carbonyl (C=O) groups excluding carboxylic acids is 2. The first-order chi connectivity index (χ1) is 19.1. The fraction of sp³-hybridized carbons (Fsp3) is 0.467. The number of rotatable bonds is 13. The molecule has 0 aliphatic rings. The van der Waals surface area contributed by atoms with Gasteiger partial charge in [-0.05, 0) is 69.2 Å². The molecule has 40 heavy (non-hydrogen) atoms. The highest BCUT2D eigenvalue weighted by Gasteiger charge is 2.26. The predicted molar refractivity (Wildman–Crippen MR) is 154 cm³/mol. The van der Waals surface area contributed by atoms with Crippen LogP contribution in [0.25, 0.3) is 21.1 Å². The fourth-order valence-electron chi connectivity index (χ4n) is 3.92. The van der Waals surface area contributed by atoms with Gasteiger partial charge in [-0.2, -0.15) is 0 Å². The van der Waals surface area contributed by atoms with Gasteiger partial charge in [0.05, 0.1) is 13.7 Å². The molecule has 1 aromatic heterocycles. The van der Waals surface area contributed by atoms with E-state index in [4.69, 9.17) is 14.2 Å². The first-order valence-electron chi connectivity index (χ1n) is 13.5. The molecule has 3 aromatic rings. The molecule has 0 fully saturated rings. The van der Waals surface area contributed by atoms with Gasteiger partial charge in [0.15, 0.2) is 5.01 Å². The van der Waals surface area contributed by atoms with Crippen LogP contribution < -0.4 is 10.1 Å². The normalized spacial score (nSPS) is 12.1. The van der Waals surface area contributed by atoms with E-state index in [0.29, 0.717) is 27.7 Å². The van der Waals surface area contributed by atoms with Crippen LogP contribution in [0, 0.1) is 5.82 Å². The third-order valence-corrected chi connectivity index (χ3v) is 6.93. The minimum atomic E-state index is -1.04. The highest BCUT2D eigenvalue weighted by molar-refractivity contribution is 7.17. The summed E-state index contributed by atoms with van der Waals surface area (Å²) in [6.45, 7) is 8.04. The molecule has 1 heterocycles. The van der Waals surface area contributed by atoms with E-state index in [1.165, 1.54) is 50.2 Å². The summed E-state index contributed by atoms with van der Waals surface area (Å²) in [5.41, 5.74) is 0.927. The minimum absolute atomic E-state index is 0.0254. The second kappa shape index (κ2) is 14.7. The number of methoxy groups -OCH3 is 1. The van der Waals surface area contributed by atoms with Gasteiger partial charge in [-0.3, -0.25) is 0 Å². The number of benzene rings is 2. The molecule has 0 bridgehead atoms. The van der Waals surface area contributed by atoms with Crippen molar-refractivity contribution in [1.82, 2.24) is 15.5 Å². The van der Waals surface area contributed by atoms with Crippen molar-refractivity contribution in [2.24, 2.45) is 0 Å². The monoisotopic (exact) mass is 571 g/mol. The Kier molecular flexibility index (Phi) is 11.4. The molecule has 1 amide bonds. The molecule has 3 rings (SSSR count). The van der Waals surface area contributed by atoms with Crippen LogP contribution >= 0.6 is 11.3 Å². The molecule has 1 N–H and O–H groups in total. The first-order valence-corrected chi connectivity index (χ1v) is 14.3. The van der Waals surface area contributed by atoms with Crippen LogP contribution in [0.2, 0.25) is 0 Å². The number of halogens is 1. The average Bonchev–Trinajstić information content (AvgIpc) is 3.39. The van der Waals surface area contributed by atoms with Gasteiger partial charge in [-0.15, -0.1) is 10.2 Å². The number of nitrogens with zero attached hydrogens (tertiary/aromatic N) is 2. The maximum absolute atomic E-state index is 15.1. The number of aromatic nitrogens is 2. The topological polar surface area (TPSA) is 99.6 Å². The van der Waals surface area contributed by atoms with Crippen LogP contribution in [0.15, 0.2) is 42.5 Å². The molecule has 0 saturated carbocycles. The molecule has 0 radical (unpaired) electrons. The molecule has 8 nitrogen and oxygen atoms in total. The Labute approximate surface area is 239 Å². The van der Waals surface area contributed by atoms with Gasteiger partial charge in [0.2, 0.25) is 0 Å². The van der Waals surface area contributed by atoms with Crippen molar-refractivity contribution in [3.05, 3.63) is 53.8 Å². The summed E-state index contributed by atoms with van der Waals surface area (Å²) in [7, 11) is 1.22. The Bertz CT molecular complexity index is 1260. The second-order valence-corrected chi connectivity index (χ2v) is 11.4. The lowest BCUT2D eigenvalue weighted by atomic mass is 10.0. The molecular weight excluding hydrogens is 533 g/mol. The summed E-state index contributed by atoms with van der Waals surface area (Å²) >= 11 is 1.28. The van der Waals surface area contributed by atoms with Crippen molar-refractivity contribution in [3.63, 3.8) is 0 Å². The number of carbonyl (C=O) groups is 2. The van der Waals surface area contributed by atoms with Crippen molar-refractivity contribution in [2.45, 2.75) is 77.9 Å². The summed E-state index contributed by atoms with van der Waals surface area (Å²) in [6, 6.07) is 11.2. The Hall–Kier alpha value is -3.53. The van der Waals surface area contributed by atoms with Crippen molar-refractivity contribution in [1.29, 1.82) is 0 Å². The SMILES string of the molecule is CCCCCCCOc1ccc(-c2nnc(-c3ccc(CC(NC(=O)OC(C)(C)C)C(=O)OC)cc3F)s2)cc1. The van der Waals surface area contributed by atoms with Crippen molar-refractivity contribution >= 4 is 23.4 Å². The van der Waals surface area contributed by atoms with Crippen LogP contribution in [0.1, 0.15) is 65.4 Å². The average molecular weight is 572 g/mol. The number of nitrogens with one attached hydrogen (secondary N) is 1. The molecule has 0 spiro atoms. The number of amides is 1. The molecule has 10 heteroatoms. The molecular formula is C30H38FN3O5S. The molecule has 2 aromatic carbocycles. The summed E-state index contributed by atoms with van der Waals surface area (Å²) in [5, 5.41) is 12.0. The summed E-state index contributed by atoms with van der Waals surface area (Å²) in [5.74, 6) is -0.367. The molecule has 1 unspecified atom stereocenters. The van der Waals surface area contributed by atoms with E-state index in [1.54, 1.807) is 32.9 Å². The van der Waals surface area contributed by atoms with E-state index in [1.807, 2.05) is 24.3 Å². The van der Waals surface area contributed by atoms with Gasteiger partial charge in [0.25, 0.3) is 0 Å². The Morgan fingerprint density at radius 1 is 1.00 bits per heavy atom. The number of alkyl carbamates (subject to hydrolysis) is 1. The van der Waals surface area contributed by atoms with Gasteiger partial charge in [0.1, 0.15) is 28.2 Å². The van der Waals surface area contributed by atoms with Gasteiger partial charge in [-0.25, -0.2) is 14.0 Å². The predicted octanol–water partition coefficient (Wildman–Crippen LogP) is 6.97. The zero-order valence-corrected chi connectivity index (χ0v) is 24.6. The van der Waals surface area contributed by atoms with Gasteiger partial charge in [0, 0.05) is 17.5 Å². The van der Waals surface area contributed by atoms with Crippen molar-refractivity contribution in [3.8, 4) is 26.9 Å². The Balaban J connectivity index is 1.64. The van der Waals surface area contributed by atoms with Crippen LogP contribution in [-0.2, 0) is 20.7 Å². The highest BCUT2D eigenvalue weighted by atomic mass is 32.1. The number of unbranched alkanes of at least 4 members (excludes halogenated alkanes) is 4. The first kappa shape index (κ1) is 31.0. The van der Waals surface area contributed by atoms with Crippen molar-refractivity contribution in [2.75, 3.05) is 13.7 Å². The largest absolute Gasteiger partial charge is 0.494 e. The van der Waals surface area contributed by atoms with E-state index in [2.05, 4.69) is 22.4 Å². The Morgan fingerprint density at radius 2 is 1.70 bits per heavy atom. The fourth-order valence-corrected chi connectivity index (χ4v) is 4.79. The van der Waals surface area contributed by atoms with E-state index in [-0.39, 0.29) is 6.42 Å². The van der Waals surface area contributed by atoms with Crippen LogP contribution in [0.5, 0.6) is 5.75 Å². The summed E-state index contributed by atoms with van der Waals surface area (Å²) in [4.78, 5) is 24.4. The zero-order valence-electron chi connectivity index (χ0n) is 23.8. The third kappa shape index (κ3) is 9.59. The van der Waals surface area contributed by atoms with E-state index in [0.717, 1.165) is 17.7 Å². The lowest BCUT2D eigenvalue weighted by Crippen LogP contribution is -2.45. The number of esters is 1. The molecule has 1 atom stereocenters. The standard InChI is InChI=1S/C30H38FN3O5S/c1-6-7-8-9-10-17-38-22-14-12-21(13-15-22)26-33-34-27(40-26)23-16-11-20(18-24(23)31)19-25(28(35)37-5)32-29(36)39-30(2,3)4/h11-16,18,25H,6-10,17,19H2,1-5H3,(H,32,36). The molecule has 0 aliphatic carbocycles. The van der Waals surface area contributed by atoms with E-state index in [9.17, 15) is 9.59 Å². The van der Waals surface area contributed by atoms with Gasteiger partial charge in [-0.1, -0.05) is 50.0 Å². The minimum Gasteiger partial charge on any atom is -0.494 e. The van der Waals surface area contributed by atoms with Crippen LogP contribution in [0.3, 0.4) is 0 Å². The maximum Gasteiger partial charge on any atom is 0.408 e. The lowest BCUT2D eigenvalue weighted by molar-refractivity contribution is -0.143. The Morgan fingerprint density at radius 3 is 2.35 bits per heavy atom. The summed E-state index contributed by atoms with van der Waals surface area (Å²) in [6.07, 6.45) is 5.19. The van der Waals surface area contributed by atoms with Crippen LogP contribution in [0.4, 0.5) is 9.18 Å². The van der Waals surface area contributed by atoms with Gasteiger partial charge < -0.3 is 19.5 Å². The smallest absolute Gasteiger partial charge is 0.408 e. The highest BCUT2D eigenvalue weighted by Crippen LogP contribution is 2.32. The van der Waals surface area contributed by atoms with Gasteiger partial charge >= 0.3 is 12.1 Å². The number of ether oxygens (including phenoxy) is 3. The number of hydrogen-bond acceptors (Lipinski definition) is 8. The lowest BCUT2D eigenvalue weighted by Gasteiger charge is -2.22. The molecule has 216 valence electrons. The zero-order chi connectivity index (χ0) is 29.1. The third-order valence-electron chi connectivity index (χ3n) is 5.92.